The summed E-state index contributed by atoms with van der Waals surface area (Å²) in [5.74, 6) is -2.36. The van der Waals surface area contributed by atoms with Crippen molar-refractivity contribution in [3.05, 3.63) is 30.1 Å². The number of anilines is 1. The van der Waals surface area contributed by atoms with Gasteiger partial charge in [0.25, 0.3) is 0 Å². The molecular formula is C14H14F4N2O2. The van der Waals surface area contributed by atoms with Crippen molar-refractivity contribution < 1.29 is 27.2 Å². The SMILES string of the molecule is CN(C(=O)CC(F)(F)F)[C@H]1CCN(c2ccccc2F)C1=O. The Kier molecular flexibility index (Phi) is 4.39. The summed E-state index contributed by atoms with van der Waals surface area (Å²) in [4.78, 5) is 25.8. The Balaban J connectivity index is 2.11. The summed E-state index contributed by atoms with van der Waals surface area (Å²) < 4.78 is 50.5. The van der Waals surface area contributed by atoms with Crippen LogP contribution in [0.5, 0.6) is 0 Å². The number of benzene rings is 1. The number of para-hydroxylation sites is 1. The third-order valence-corrected chi connectivity index (χ3v) is 3.53. The number of carbonyl (C=O) groups excluding carboxylic acids is 2. The summed E-state index contributed by atoms with van der Waals surface area (Å²) >= 11 is 0. The van der Waals surface area contributed by atoms with E-state index >= 15 is 0 Å². The molecule has 4 nitrogen and oxygen atoms in total. The van der Waals surface area contributed by atoms with E-state index in [1.165, 1.54) is 18.2 Å². The summed E-state index contributed by atoms with van der Waals surface area (Å²) in [5, 5.41) is 0. The van der Waals surface area contributed by atoms with E-state index in [2.05, 4.69) is 0 Å². The van der Waals surface area contributed by atoms with Crippen LogP contribution < -0.4 is 4.90 Å². The summed E-state index contributed by atoms with van der Waals surface area (Å²) in [6, 6.07) is 4.61. The Labute approximate surface area is 124 Å². The molecule has 1 atom stereocenters. The van der Waals surface area contributed by atoms with Crippen LogP contribution in [0.4, 0.5) is 23.2 Å². The van der Waals surface area contributed by atoms with Crippen LogP contribution in [0.2, 0.25) is 0 Å². The fourth-order valence-electron chi connectivity index (χ4n) is 2.40. The third kappa shape index (κ3) is 3.37. The predicted octanol–water partition coefficient (Wildman–Crippen LogP) is 2.34. The van der Waals surface area contributed by atoms with Crippen molar-refractivity contribution in [1.29, 1.82) is 0 Å². The highest BCUT2D eigenvalue weighted by molar-refractivity contribution is 6.01. The van der Waals surface area contributed by atoms with Crippen molar-refractivity contribution >= 4 is 17.5 Å². The summed E-state index contributed by atoms with van der Waals surface area (Å²) in [6.45, 7) is 0.147. The number of nitrogens with zero attached hydrogens (tertiary/aromatic N) is 2. The molecule has 1 heterocycles. The molecule has 0 aromatic heterocycles. The second-order valence-corrected chi connectivity index (χ2v) is 5.04. The van der Waals surface area contributed by atoms with Crippen LogP contribution in [0.25, 0.3) is 0 Å². The van der Waals surface area contributed by atoms with Crippen molar-refractivity contribution in [2.24, 2.45) is 0 Å². The van der Waals surface area contributed by atoms with Gasteiger partial charge in [0.05, 0.1) is 5.69 Å². The second-order valence-electron chi connectivity index (χ2n) is 5.04. The smallest absolute Gasteiger partial charge is 0.333 e. The lowest BCUT2D eigenvalue weighted by atomic mass is 10.2. The van der Waals surface area contributed by atoms with Crippen molar-refractivity contribution in [2.45, 2.75) is 25.1 Å². The minimum Gasteiger partial charge on any atom is -0.333 e. The summed E-state index contributed by atoms with van der Waals surface area (Å²) in [6.07, 6.45) is -6.08. The van der Waals surface area contributed by atoms with Gasteiger partial charge in [-0.25, -0.2) is 4.39 Å². The van der Waals surface area contributed by atoms with Gasteiger partial charge in [-0.1, -0.05) is 12.1 Å². The van der Waals surface area contributed by atoms with Crippen molar-refractivity contribution in [1.82, 2.24) is 4.90 Å². The Morgan fingerprint density at radius 3 is 2.59 bits per heavy atom. The molecule has 0 saturated carbocycles. The maximum atomic E-state index is 13.7. The number of likely N-dealkylation sites (N-methyl/N-ethyl adjacent to an activating group) is 1. The van der Waals surface area contributed by atoms with E-state index in [9.17, 15) is 27.2 Å². The number of alkyl halides is 3. The normalized spacial score (nSPS) is 18.7. The first-order chi connectivity index (χ1) is 10.2. The van der Waals surface area contributed by atoms with E-state index < -0.39 is 36.3 Å². The van der Waals surface area contributed by atoms with Crippen LogP contribution in [0.1, 0.15) is 12.8 Å². The van der Waals surface area contributed by atoms with Crippen LogP contribution in [0.3, 0.4) is 0 Å². The standard InChI is InChI=1S/C14H14F4N2O2/c1-19(12(21)8-14(16,17)18)11-6-7-20(13(11)22)10-5-3-2-4-9(10)15/h2-5,11H,6-8H2,1H3/t11-/m0/s1. The molecule has 0 bridgehead atoms. The van der Waals surface area contributed by atoms with E-state index in [0.29, 0.717) is 0 Å². The van der Waals surface area contributed by atoms with Gasteiger partial charge in [-0.15, -0.1) is 0 Å². The van der Waals surface area contributed by atoms with E-state index in [-0.39, 0.29) is 18.7 Å². The average Bonchev–Trinajstić information content (AvgIpc) is 2.78. The molecule has 0 aliphatic carbocycles. The van der Waals surface area contributed by atoms with Gasteiger partial charge in [-0.3, -0.25) is 9.59 Å². The minimum absolute atomic E-state index is 0.0617. The molecule has 8 heteroatoms. The molecule has 120 valence electrons. The number of halogens is 4. The van der Waals surface area contributed by atoms with E-state index in [0.717, 1.165) is 16.8 Å². The van der Waals surface area contributed by atoms with Gasteiger partial charge in [-0.2, -0.15) is 13.2 Å². The lowest BCUT2D eigenvalue weighted by Gasteiger charge is -2.24. The summed E-state index contributed by atoms with van der Waals surface area (Å²) in [5.41, 5.74) is 0.0617. The quantitative estimate of drug-likeness (QED) is 0.803. The van der Waals surface area contributed by atoms with E-state index in [4.69, 9.17) is 0 Å². The zero-order valence-electron chi connectivity index (χ0n) is 11.7. The fraction of sp³-hybridized carbons (Fsp3) is 0.429. The zero-order chi connectivity index (χ0) is 16.5. The van der Waals surface area contributed by atoms with Crippen LogP contribution >= 0.6 is 0 Å². The van der Waals surface area contributed by atoms with Crippen LogP contribution in [-0.4, -0.2) is 42.5 Å². The first-order valence-corrected chi connectivity index (χ1v) is 6.59. The molecule has 22 heavy (non-hydrogen) atoms. The first kappa shape index (κ1) is 16.3. The molecule has 1 aromatic carbocycles. The van der Waals surface area contributed by atoms with E-state index in [1.54, 1.807) is 6.07 Å². The van der Waals surface area contributed by atoms with Crippen molar-refractivity contribution in [3.8, 4) is 0 Å². The Hall–Kier alpha value is -2.12. The molecule has 0 N–H and O–H groups in total. The molecular weight excluding hydrogens is 304 g/mol. The maximum Gasteiger partial charge on any atom is 0.397 e. The number of amides is 2. The average molecular weight is 318 g/mol. The third-order valence-electron chi connectivity index (χ3n) is 3.53. The van der Waals surface area contributed by atoms with Crippen molar-refractivity contribution in [2.75, 3.05) is 18.5 Å². The molecule has 0 radical (unpaired) electrons. The molecule has 1 aliphatic heterocycles. The largest absolute Gasteiger partial charge is 0.397 e. The maximum absolute atomic E-state index is 13.7. The van der Waals surface area contributed by atoms with Gasteiger partial charge >= 0.3 is 6.18 Å². The van der Waals surface area contributed by atoms with Crippen LogP contribution in [0, 0.1) is 5.82 Å². The lowest BCUT2D eigenvalue weighted by molar-refractivity contribution is -0.162. The summed E-state index contributed by atoms with van der Waals surface area (Å²) in [7, 11) is 1.15. The Bertz CT molecular complexity index is 588. The molecule has 2 rings (SSSR count). The first-order valence-electron chi connectivity index (χ1n) is 6.59. The lowest BCUT2D eigenvalue weighted by Crippen LogP contribution is -2.44. The number of rotatable bonds is 3. The van der Waals surface area contributed by atoms with Gasteiger partial charge in [0, 0.05) is 13.6 Å². The second kappa shape index (κ2) is 5.94. The highest BCUT2D eigenvalue weighted by Crippen LogP contribution is 2.27. The minimum atomic E-state index is -4.63. The van der Waals surface area contributed by atoms with E-state index in [1.807, 2.05) is 0 Å². The molecule has 1 saturated heterocycles. The van der Waals surface area contributed by atoms with Gasteiger partial charge < -0.3 is 9.80 Å². The fourth-order valence-corrected chi connectivity index (χ4v) is 2.40. The number of hydrogen-bond donors (Lipinski definition) is 0. The van der Waals surface area contributed by atoms with Crippen molar-refractivity contribution in [3.63, 3.8) is 0 Å². The molecule has 1 aromatic rings. The van der Waals surface area contributed by atoms with Crippen LogP contribution in [-0.2, 0) is 9.59 Å². The number of hydrogen-bond acceptors (Lipinski definition) is 2. The van der Waals surface area contributed by atoms with Gasteiger partial charge in [-0.05, 0) is 18.6 Å². The zero-order valence-corrected chi connectivity index (χ0v) is 11.7. The highest BCUT2D eigenvalue weighted by atomic mass is 19.4. The Morgan fingerprint density at radius 2 is 2.00 bits per heavy atom. The molecule has 1 fully saturated rings. The molecule has 0 spiro atoms. The molecule has 2 amide bonds. The monoisotopic (exact) mass is 318 g/mol. The van der Waals surface area contributed by atoms with Gasteiger partial charge in [0.15, 0.2) is 0 Å². The van der Waals surface area contributed by atoms with Crippen LogP contribution in [0.15, 0.2) is 24.3 Å². The topological polar surface area (TPSA) is 40.6 Å². The van der Waals surface area contributed by atoms with Gasteiger partial charge in [0.1, 0.15) is 18.3 Å². The highest BCUT2D eigenvalue weighted by Gasteiger charge is 2.40. The molecule has 1 aliphatic rings. The predicted molar refractivity (Wildman–Crippen MR) is 70.6 cm³/mol. The van der Waals surface area contributed by atoms with Gasteiger partial charge in [0.2, 0.25) is 11.8 Å². The number of carbonyl (C=O) groups is 2. The molecule has 0 unspecified atom stereocenters. The Morgan fingerprint density at radius 1 is 1.36 bits per heavy atom.